The molecule has 15 aromatic rings. The number of rotatable bonds is 12. The second kappa shape index (κ2) is 23.9. The fraction of sp³-hybridized carbons (Fsp3) is 0. The van der Waals surface area contributed by atoms with Crippen molar-refractivity contribution >= 4 is 44.1 Å². The first kappa shape index (κ1) is 56.0. The Morgan fingerprint density at radius 1 is 0.204 bits per heavy atom. The number of para-hydroxylation sites is 4. The molecule has 0 atom stereocenters. The van der Waals surface area contributed by atoms with Gasteiger partial charge < -0.3 is 48.9 Å². The number of nitrogens with zero attached hydrogens (tertiary/aromatic N) is 8. The topological polar surface area (TPSA) is 142 Å². The number of hydrogen-bond acceptors (Lipinski definition) is 10. The summed E-state index contributed by atoms with van der Waals surface area (Å²) in [5.74, 6) is 6.52. The van der Waals surface area contributed by atoms with Crippen LogP contribution in [0.1, 0.15) is 0 Å². The third-order valence-corrected chi connectivity index (χ3v) is 16.4. The van der Waals surface area contributed by atoms with Crippen molar-refractivity contribution in [2.45, 2.75) is 0 Å². The van der Waals surface area contributed by atoms with Crippen LogP contribution in [0.4, 0.5) is 0 Å². The van der Waals surface area contributed by atoms with Crippen LogP contribution in [0.15, 0.2) is 291 Å². The van der Waals surface area contributed by atoms with E-state index in [-0.39, 0.29) is 17.1 Å². The second-order valence-corrected chi connectivity index (χ2v) is 22.2. The van der Waals surface area contributed by atoms with Gasteiger partial charge in [0.15, 0.2) is 0 Å². The SMILES string of the molecule is [Cu+2].c1ccc(-c2ccccc2Oc2ccc3c(c2)-c2nc-3nc3[n-]c(nc4nc(nc5[n-]c(n2)c2ccc(Oc6ccccc6-c6ccccc6)cc52)-c2ccc(Oc5ccccc5-c5ccccc5)cc2-4)c2ccc(Oc4ccccc4-c4ccccc4)cc32)cc1. The van der Waals surface area contributed by atoms with E-state index < -0.39 is 0 Å². The van der Waals surface area contributed by atoms with Crippen molar-refractivity contribution in [1.29, 1.82) is 0 Å². The van der Waals surface area contributed by atoms with Crippen LogP contribution in [-0.4, -0.2) is 29.9 Å². The third-order valence-electron chi connectivity index (χ3n) is 16.4. The van der Waals surface area contributed by atoms with Gasteiger partial charge in [0.05, 0.1) is 23.3 Å². The van der Waals surface area contributed by atoms with Crippen molar-refractivity contribution in [3.05, 3.63) is 291 Å². The maximum atomic E-state index is 6.80. The molecule has 3 aromatic heterocycles. The van der Waals surface area contributed by atoms with Crippen LogP contribution in [0.3, 0.4) is 0 Å². The molecule has 93 heavy (non-hydrogen) atoms. The van der Waals surface area contributed by atoms with Crippen molar-refractivity contribution in [3.8, 4) is 136 Å². The van der Waals surface area contributed by atoms with Crippen molar-refractivity contribution < 1.29 is 36.0 Å². The zero-order valence-electron chi connectivity index (χ0n) is 49.2. The van der Waals surface area contributed by atoms with Crippen LogP contribution in [-0.2, 0) is 17.1 Å². The summed E-state index contributed by atoms with van der Waals surface area (Å²) >= 11 is 0. The summed E-state index contributed by atoms with van der Waals surface area (Å²) < 4.78 is 27.2. The van der Waals surface area contributed by atoms with Gasteiger partial charge in [-0.2, -0.15) is 0 Å². The summed E-state index contributed by atoms with van der Waals surface area (Å²) in [5.41, 5.74) is 12.1. The molecular weight excluding hydrogens is 1200 g/mol. The fourth-order valence-electron chi connectivity index (χ4n) is 12.0. The molecule has 0 amide bonds. The van der Waals surface area contributed by atoms with E-state index in [2.05, 4.69) is 72.8 Å². The Bertz CT molecular complexity index is 5210. The zero-order chi connectivity index (χ0) is 60.9. The Balaban J connectivity index is 0.00000686. The minimum Gasteiger partial charge on any atom is -0.457 e. The van der Waals surface area contributed by atoms with E-state index >= 15 is 0 Å². The molecule has 2 aliphatic heterocycles. The van der Waals surface area contributed by atoms with Gasteiger partial charge in [-0.3, -0.25) is 0 Å². The van der Waals surface area contributed by atoms with Gasteiger partial charge in [0.1, 0.15) is 46.0 Å². The monoisotopic (exact) mass is 1250 g/mol. The molecule has 0 saturated carbocycles. The quantitative estimate of drug-likeness (QED) is 0.107. The Labute approximate surface area is 544 Å². The van der Waals surface area contributed by atoms with Gasteiger partial charge >= 0.3 is 17.1 Å². The molecule has 1 radical (unpaired) electrons. The van der Waals surface area contributed by atoms with E-state index in [1.807, 2.05) is 218 Å². The van der Waals surface area contributed by atoms with Crippen LogP contribution in [0.5, 0.6) is 46.0 Å². The number of benzene rings is 12. The molecule has 13 heteroatoms. The van der Waals surface area contributed by atoms with Crippen molar-refractivity contribution in [3.63, 3.8) is 0 Å². The van der Waals surface area contributed by atoms with Gasteiger partial charge in [-0.05, 0) is 141 Å². The van der Waals surface area contributed by atoms with E-state index in [1.54, 1.807) is 0 Å². The molecule has 443 valence electrons. The second-order valence-electron chi connectivity index (χ2n) is 22.2. The molecule has 2 aliphatic rings. The van der Waals surface area contributed by atoms with E-state index in [0.29, 0.717) is 136 Å². The maximum Gasteiger partial charge on any atom is 2.00 e. The van der Waals surface area contributed by atoms with Crippen molar-refractivity contribution in [2.75, 3.05) is 0 Å². The number of aromatic nitrogens is 8. The molecule has 0 aliphatic carbocycles. The van der Waals surface area contributed by atoms with Crippen LogP contribution in [0, 0.1) is 0 Å². The van der Waals surface area contributed by atoms with Crippen molar-refractivity contribution in [1.82, 2.24) is 39.9 Å². The van der Waals surface area contributed by atoms with E-state index in [1.165, 1.54) is 0 Å². The zero-order valence-corrected chi connectivity index (χ0v) is 50.2. The summed E-state index contributed by atoms with van der Waals surface area (Å²) in [6.45, 7) is 0. The summed E-state index contributed by atoms with van der Waals surface area (Å²) in [7, 11) is 0. The molecule has 8 bridgehead atoms. The van der Waals surface area contributed by atoms with Crippen LogP contribution in [0.2, 0.25) is 0 Å². The van der Waals surface area contributed by atoms with Crippen molar-refractivity contribution in [2.24, 2.45) is 0 Å². The largest absolute Gasteiger partial charge is 2.00 e. The normalized spacial score (nSPS) is 11.4. The summed E-state index contributed by atoms with van der Waals surface area (Å²) in [5, 5.41) is 2.76. The first-order valence-electron chi connectivity index (χ1n) is 30.1. The number of fused-ring (bicyclic) bond motifs is 20. The Hall–Kier alpha value is -12.3. The summed E-state index contributed by atoms with van der Waals surface area (Å²) in [6, 6.07) is 96.1. The van der Waals surface area contributed by atoms with Crippen LogP contribution < -0.4 is 28.9 Å². The molecule has 0 unspecified atom stereocenters. The smallest absolute Gasteiger partial charge is 0.457 e. The third kappa shape index (κ3) is 10.7. The fourth-order valence-corrected chi connectivity index (χ4v) is 12.0. The molecule has 0 fully saturated rings. The average Bonchev–Trinajstić information content (AvgIpc) is 1.62. The Kier molecular flexibility index (Phi) is 14.4. The predicted molar refractivity (Wildman–Crippen MR) is 362 cm³/mol. The molecule has 5 heterocycles. The van der Waals surface area contributed by atoms with E-state index in [0.717, 1.165) is 44.5 Å². The van der Waals surface area contributed by atoms with Gasteiger partial charge in [0, 0.05) is 67.1 Å². The molecule has 0 N–H and O–H groups in total. The Morgan fingerprint density at radius 2 is 0.462 bits per heavy atom. The van der Waals surface area contributed by atoms with E-state index in [9.17, 15) is 0 Å². The van der Waals surface area contributed by atoms with Crippen LogP contribution >= 0.6 is 0 Å². The maximum absolute atomic E-state index is 6.80. The minimum atomic E-state index is 0. The first-order valence-corrected chi connectivity index (χ1v) is 30.1. The first-order chi connectivity index (χ1) is 45.5. The molecule has 0 spiro atoms. The standard InChI is InChI=1S/C80H48N8O4.Cu/c1-5-21-49(22-6-1)57-29-13-17-33-69(57)89-53-37-41-61-65(45-53)77-81-73(61)86-78-67-47-55(91-71-35-19-15-31-59(71)51-25-9-3-10-26-51)39-43-63(67)75(83-78)88-80-68-48-56(92-72-36-20-16-32-60(72)52-27-11-4-12-28-52)40-44-64(68)76(84-80)87-79-66-46-54(38-42-62(66)74(82-79)85-77)90-70-34-18-14-30-58(70)50-23-7-2-8-24-50;/h1-48H;/q-2;+2. The Morgan fingerprint density at radius 3 is 0.785 bits per heavy atom. The summed E-state index contributed by atoms with van der Waals surface area (Å²) in [6.07, 6.45) is 0. The van der Waals surface area contributed by atoms with Gasteiger partial charge in [0.25, 0.3) is 0 Å². The van der Waals surface area contributed by atoms with Gasteiger partial charge in [-0.1, -0.05) is 194 Å². The predicted octanol–water partition coefficient (Wildman–Crippen LogP) is 20.0. The minimum absolute atomic E-state index is 0. The van der Waals surface area contributed by atoms with Gasteiger partial charge in [-0.15, -0.1) is 0 Å². The number of hydrogen-bond donors (Lipinski definition) is 0. The van der Waals surface area contributed by atoms with Crippen LogP contribution in [0.25, 0.3) is 134 Å². The van der Waals surface area contributed by atoms with Gasteiger partial charge in [-0.25, -0.2) is 9.97 Å². The molecule has 12 nitrogen and oxygen atoms in total. The molecule has 12 aromatic carbocycles. The number of ether oxygens (including phenoxy) is 4. The van der Waals surface area contributed by atoms with Gasteiger partial charge in [0.2, 0.25) is 0 Å². The summed E-state index contributed by atoms with van der Waals surface area (Å²) in [4.78, 5) is 42.6. The molecule has 0 saturated heterocycles. The molecule has 17 rings (SSSR count). The molecular formula is C80H48CuN8O4. The average molecular weight is 1250 g/mol. The van der Waals surface area contributed by atoms with E-state index in [4.69, 9.17) is 58.8 Å².